The molecule has 7 nitrogen and oxygen atoms in total. The molecule has 29 heavy (non-hydrogen) atoms. The van der Waals surface area contributed by atoms with Crippen LogP contribution in [0.3, 0.4) is 0 Å². The number of anilines is 1. The maximum absolute atomic E-state index is 13.8. The maximum atomic E-state index is 13.8. The lowest BCUT2D eigenvalue weighted by Crippen LogP contribution is -2.27. The van der Waals surface area contributed by atoms with Crippen molar-refractivity contribution in [1.29, 1.82) is 0 Å². The van der Waals surface area contributed by atoms with Crippen LogP contribution in [0.25, 0.3) is 11.2 Å². The highest BCUT2D eigenvalue weighted by Gasteiger charge is 2.40. The van der Waals surface area contributed by atoms with Crippen molar-refractivity contribution in [1.82, 2.24) is 29.9 Å². The smallest absolute Gasteiger partial charge is 0.266 e. The summed E-state index contributed by atoms with van der Waals surface area (Å²) in [6.45, 7) is 5.91. The molecule has 0 spiro atoms. The Balaban J connectivity index is 1.84. The SMILES string of the molecule is CC(C)(C)c1nc(N2CCC(F)(F)C2)c2nnn(Cc3cc(Cl)cnc3Cl)c2n1. The summed E-state index contributed by atoms with van der Waals surface area (Å²) in [5.41, 5.74) is 1.08. The van der Waals surface area contributed by atoms with Gasteiger partial charge in [0.1, 0.15) is 11.0 Å². The summed E-state index contributed by atoms with van der Waals surface area (Å²) in [4.78, 5) is 14.8. The number of pyridine rings is 1. The zero-order valence-corrected chi connectivity index (χ0v) is 17.6. The molecule has 1 saturated heterocycles. The first kappa shape index (κ1) is 20.2. The van der Waals surface area contributed by atoms with Crippen LogP contribution in [0, 0.1) is 0 Å². The van der Waals surface area contributed by atoms with Crippen LogP contribution in [0.1, 0.15) is 38.6 Å². The summed E-state index contributed by atoms with van der Waals surface area (Å²) in [6.07, 6.45) is 1.24. The zero-order chi connectivity index (χ0) is 21.0. The number of rotatable bonds is 3. The van der Waals surface area contributed by atoms with Gasteiger partial charge in [-0.25, -0.2) is 28.4 Å². The normalized spacial score (nSPS) is 16.7. The summed E-state index contributed by atoms with van der Waals surface area (Å²) in [6, 6.07) is 1.69. The molecule has 1 fully saturated rings. The molecule has 1 aliphatic heterocycles. The fourth-order valence-corrected chi connectivity index (χ4v) is 3.50. The molecule has 0 aliphatic carbocycles. The van der Waals surface area contributed by atoms with Gasteiger partial charge in [0, 0.05) is 30.1 Å². The number of halogens is 4. The van der Waals surface area contributed by atoms with Gasteiger partial charge >= 0.3 is 0 Å². The Morgan fingerprint density at radius 1 is 1.21 bits per heavy atom. The molecule has 154 valence electrons. The first-order chi connectivity index (χ1) is 13.5. The number of fused-ring (bicyclic) bond motifs is 1. The van der Waals surface area contributed by atoms with Crippen LogP contribution < -0.4 is 4.90 Å². The van der Waals surface area contributed by atoms with Crippen molar-refractivity contribution >= 4 is 40.2 Å². The second kappa shape index (κ2) is 6.98. The largest absolute Gasteiger partial charge is 0.348 e. The standard InChI is InChI=1S/C18H19Cl2F2N7/c1-17(2,3)16-24-14(28-5-4-18(21,22)9-28)12-15(25-16)29(27-26-12)8-10-6-11(19)7-23-13(10)20/h6-7H,4-5,8-9H2,1-3H3. The predicted octanol–water partition coefficient (Wildman–Crippen LogP) is 4.11. The van der Waals surface area contributed by atoms with Crippen molar-refractivity contribution in [3.05, 3.63) is 33.8 Å². The zero-order valence-electron chi connectivity index (χ0n) is 16.1. The van der Waals surface area contributed by atoms with E-state index >= 15 is 0 Å². The fraction of sp³-hybridized carbons (Fsp3) is 0.500. The third kappa shape index (κ3) is 3.98. The first-order valence-electron chi connectivity index (χ1n) is 9.08. The lowest BCUT2D eigenvalue weighted by atomic mass is 9.96. The number of hydrogen-bond acceptors (Lipinski definition) is 6. The summed E-state index contributed by atoms with van der Waals surface area (Å²) >= 11 is 12.2. The lowest BCUT2D eigenvalue weighted by Gasteiger charge is -2.22. The lowest BCUT2D eigenvalue weighted by molar-refractivity contribution is 0.0257. The van der Waals surface area contributed by atoms with Crippen molar-refractivity contribution in [2.45, 2.75) is 45.1 Å². The van der Waals surface area contributed by atoms with Gasteiger partial charge in [-0.05, 0) is 6.07 Å². The van der Waals surface area contributed by atoms with Crippen LogP contribution in [0.4, 0.5) is 14.6 Å². The fourth-order valence-electron chi connectivity index (χ4n) is 3.16. The second-order valence-electron chi connectivity index (χ2n) is 8.17. The summed E-state index contributed by atoms with van der Waals surface area (Å²) in [5.74, 6) is -1.86. The van der Waals surface area contributed by atoms with Crippen molar-refractivity contribution in [2.24, 2.45) is 0 Å². The number of nitrogens with zero attached hydrogens (tertiary/aromatic N) is 7. The number of alkyl halides is 2. The van der Waals surface area contributed by atoms with Crippen molar-refractivity contribution in [3.63, 3.8) is 0 Å². The van der Waals surface area contributed by atoms with E-state index in [4.69, 9.17) is 23.2 Å². The van der Waals surface area contributed by atoms with E-state index < -0.39 is 17.9 Å². The third-order valence-electron chi connectivity index (χ3n) is 4.68. The Morgan fingerprint density at radius 3 is 2.62 bits per heavy atom. The molecule has 3 aromatic heterocycles. The number of aromatic nitrogens is 6. The Hall–Kier alpha value is -2.13. The molecule has 0 saturated carbocycles. The van der Waals surface area contributed by atoms with Gasteiger partial charge in [0.15, 0.2) is 17.0 Å². The topological polar surface area (TPSA) is 72.6 Å². The molecule has 1 aliphatic rings. The van der Waals surface area contributed by atoms with Crippen molar-refractivity contribution in [3.8, 4) is 0 Å². The Morgan fingerprint density at radius 2 is 1.97 bits per heavy atom. The molecule has 0 radical (unpaired) electrons. The van der Waals surface area contributed by atoms with E-state index in [9.17, 15) is 8.78 Å². The molecular formula is C18H19Cl2F2N7. The highest BCUT2D eigenvalue weighted by atomic mass is 35.5. The highest BCUT2D eigenvalue weighted by molar-refractivity contribution is 6.32. The molecule has 4 heterocycles. The molecule has 0 N–H and O–H groups in total. The molecule has 3 aromatic rings. The van der Waals surface area contributed by atoms with E-state index in [0.29, 0.717) is 38.5 Å². The van der Waals surface area contributed by atoms with E-state index in [1.54, 1.807) is 15.6 Å². The Bertz CT molecular complexity index is 1080. The molecule has 0 unspecified atom stereocenters. The maximum Gasteiger partial charge on any atom is 0.266 e. The summed E-state index contributed by atoms with van der Waals surface area (Å²) in [5, 5.41) is 9.10. The average Bonchev–Trinajstić information content (AvgIpc) is 3.20. The van der Waals surface area contributed by atoms with E-state index in [-0.39, 0.29) is 19.5 Å². The Kier molecular flexibility index (Phi) is 4.85. The monoisotopic (exact) mass is 441 g/mol. The summed E-state index contributed by atoms with van der Waals surface area (Å²) in [7, 11) is 0. The quantitative estimate of drug-likeness (QED) is 0.569. The first-order valence-corrected chi connectivity index (χ1v) is 9.83. The van der Waals surface area contributed by atoms with Crippen LogP contribution >= 0.6 is 23.2 Å². The predicted molar refractivity (Wildman–Crippen MR) is 107 cm³/mol. The molecule has 0 amide bonds. The van der Waals surface area contributed by atoms with Gasteiger partial charge in [-0.2, -0.15) is 0 Å². The van der Waals surface area contributed by atoms with Crippen LogP contribution in [-0.4, -0.2) is 49.0 Å². The van der Waals surface area contributed by atoms with Gasteiger partial charge in [-0.3, -0.25) is 0 Å². The van der Waals surface area contributed by atoms with Crippen LogP contribution in [0.15, 0.2) is 12.3 Å². The van der Waals surface area contributed by atoms with Gasteiger partial charge < -0.3 is 4.90 Å². The third-order valence-corrected chi connectivity index (χ3v) is 5.23. The minimum atomic E-state index is -2.75. The molecule has 0 atom stereocenters. The van der Waals surface area contributed by atoms with E-state index in [0.717, 1.165) is 0 Å². The Labute approximate surface area is 176 Å². The molecule has 11 heteroatoms. The average molecular weight is 442 g/mol. The second-order valence-corrected chi connectivity index (χ2v) is 8.97. The van der Waals surface area contributed by atoms with Crippen LogP contribution in [-0.2, 0) is 12.0 Å². The van der Waals surface area contributed by atoms with Crippen molar-refractivity contribution in [2.75, 3.05) is 18.0 Å². The molecular weight excluding hydrogens is 423 g/mol. The number of hydrogen-bond donors (Lipinski definition) is 0. The molecule has 4 rings (SSSR count). The van der Waals surface area contributed by atoms with Crippen LogP contribution in [0.2, 0.25) is 10.2 Å². The van der Waals surface area contributed by atoms with E-state index in [2.05, 4.69) is 25.3 Å². The van der Waals surface area contributed by atoms with Gasteiger partial charge in [0.25, 0.3) is 5.92 Å². The molecule has 0 aromatic carbocycles. The van der Waals surface area contributed by atoms with Crippen molar-refractivity contribution < 1.29 is 8.78 Å². The van der Waals surface area contributed by atoms with E-state index in [1.807, 2.05) is 20.8 Å². The highest BCUT2D eigenvalue weighted by Crippen LogP contribution is 2.34. The van der Waals surface area contributed by atoms with Gasteiger partial charge in [0.2, 0.25) is 0 Å². The minimum Gasteiger partial charge on any atom is -0.348 e. The minimum absolute atomic E-state index is 0.194. The van der Waals surface area contributed by atoms with Crippen LogP contribution in [0.5, 0.6) is 0 Å². The summed E-state index contributed by atoms with van der Waals surface area (Å²) < 4.78 is 29.2. The van der Waals surface area contributed by atoms with Gasteiger partial charge in [-0.15, -0.1) is 5.10 Å². The van der Waals surface area contributed by atoms with Gasteiger partial charge in [-0.1, -0.05) is 49.2 Å². The van der Waals surface area contributed by atoms with E-state index in [1.165, 1.54) is 6.20 Å². The molecule has 0 bridgehead atoms. The van der Waals surface area contributed by atoms with Gasteiger partial charge in [0.05, 0.1) is 18.1 Å².